The highest BCUT2D eigenvalue weighted by Gasteiger charge is 2.03. The third kappa shape index (κ3) is 4.18. The monoisotopic (exact) mass is 218 g/mol. The largest absolute Gasteiger partial charge is 0.294 e. The number of benzene rings is 1. The molecule has 0 spiro atoms. The molecule has 0 amide bonds. The Bertz CT molecular complexity index is 328. The molecule has 0 aliphatic rings. The summed E-state index contributed by atoms with van der Waals surface area (Å²) in [7, 11) is 0. The Kier molecular flexibility index (Phi) is 5.84. The van der Waals surface area contributed by atoms with Gasteiger partial charge in [0.15, 0.2) is 5.78 Å². The van der Waals surface area contributed by atoms with Crippen molar-refractivity contribution in [1.29, 1.82) is 0 Å². The van der Waals surface area contributed by atoms with E-state index in [2.05, 4.69) is 19.1 Å². The van der Waals surface area contributed by atoms with E-state index in [0.717, 1.165) is 12.0 Å². The minimum absolute atomic E-state index is 0.246. The van der Waals surface area contributed by atoms with Crippen LogP contribution in [0.15, 0.2) is 24.3 Å². The second kappa shape index (κ2) is 7.21. The number of rotatable bonds is 7. The number of aryl methyl sites for hydroxylation is 1. The lowest BCUT2D eigenvalue weighted by atomic mass is 10.0. The maximum absolute atomic E-state index is 11.5. The van der Waals surface area contributed by atoms with E-state index >= 15 is 0 Å². The van der Waals surface area contributed by atoms with Crippen molar-refractivity contribution in [3.63, 3.8) is 0 Å². The zero-order chi connectivity index (χ0) is 11.8. The molecule has 0 bridgehead atoms. The van der Waals surface area contributed by atoms with Crippen molar-refractivity contribution in [1.82, 2.24) is 0 Å². The summed E-state index contributed by atoms with van der Waals surface area (Å²) in [4.78, 5) is 11.5. The van der Waals surface area contributed by atoms with Crippen LogP contribution in [0.1, 0.15) is 61.9 Å². The molecule has 1 aromatic rings. The highest BCUT2D eigenvalue weighted by atomic mass is 16.1. The Morgan fingerprint density at radius 1 is 1.12 bits per heavy atom. The molecule has 0 atom stereocenters. The lowest BCUT2D eigenvalue weighted by molar-refractivity contribution is 0.0988. The van der Waals surface area contributed by atoms with Gasteiger partial charge in [0.25, 0.3) is 0 Å². The Labute approximate surface area is 98.9 Å². The second-order valence-corrected chi connectivity index (χ2v) is 4.29. The van der Waals surface area contributed by atoms with Crippen molar-refractivity contribution in [2.24, 2.45) is 0 Å². The first-order valence-corrected chi connectivity index (χ1v) is 6.40. The van der Waals surface area contributed by atoms with E-state index in [-0.39, 0.29) is 5.78 Å². The Hall–Kier alpha value is -1.11. The fraction of sp³-hybridized carbons (Fsp3) is 0.533. The van der Waals surface area contributed by atoms with Gasteiger partial charge in [-0.15, -0.1) is 0 Å². The van der Waals surface area contributed by atoms with E-state index in [0.29, 0.717) is 6.42 Å². The lowest BCUT2D eigenvalue weighted by Gasteiger charge is -2.03. The molecule has 1 nitrogen and oxygen atoms in total. The molecule has 0 aliphatic heterocycles. The van der Waals surface area contributed by atoms with E-state index in [1.165, 1.54) is 31.2 Å². The molecule has 16 heavy (non-hydrogen) atoms. The van der Waals surface area contributed by atoms with Crippen molar-refractivity contribution in [3.05, 3.63) is 35.4 Å². The van der Waals surface area contributed by atoms with Crippen LogP contribution < -0.4 is 0 Å². The topological polar surface area (TPSA) is 17.1 Å². The van der Waals surface area contributed by atoms with Crippen LogP contribution in [0, 0.1) is 0 Å². The number of hydrogen-bond acceptors (Lipinski definition) is 1. The second-order valence-electron chi connectivity index (χ2n) is 4.29. The number of hydrogen-bond donors (Lipinski definition) is 0. The summed E-state index contributed by atoms with van der Waals surface area (Å²) in [6.45, 7) is 4.14. The Morgan fingerprint density at radius 2 is 1.94 bits per heavy atom. The maximum Gasteiger partial charge on any atom is 0.162 e. The molecular formula is C15H22O. The first-order chi connectivity index (χ1) is 7.77. The van der Waals surface area contributed by atoms with E-state index < -0.39 is 0 Å². The van der Waals surface area contributed by atoms with E-state index in [4.69, 9.17) is 0 Å². The minimum atomic E-state index is 0.246. The molecule has 0 saturated heterocycles. The molecule has 0 unspecified atom stereocenters. The number of carbonyl (C=O) groups excluding carboxylic acids is 1. The Morgan fingerprint density at radius 3 is 2.62 bits per heavy atom. The maximum atomic E-state index is 11.5. The van der Waals surface area contributed by atoms with Crippen LogP contribution in [-0.2, 0) is 6.42 Å². The standard InChI is InChI=1S/C15H22O/c1-3-5-6-7-9-13-10-8-11-14(12-13)15(16)4-2/h8,10-12H,3-7,9H2,1-2H3. The van der Waals surface area contributed by atoms with Gasteiger partial charge < -0.3 is 0 Å². The van der Waals surface area contributed by atoms with Gasteiger partial charge >= 0.3 is 0 Å². The van der Waals surface area contributed by atoms with Gasteiger partial charge in [-0.1, -0.05) is 51.3 Å². The van der Waals surface area contributed by atoms with Gasteiger partial charge in [0.05, 0.1) is 0 Å². The molecule has 0 saturated carbocycles. The smallest absolute Gasteiger partial charge is 0.162 e. The van der Waals surface area contributed by atoms with Crippen LogP contribution in [0.2, 0.25) is 0 Å². The Balaban J connectivity index is 2.50. The predicted octanol–water partition coefficient (Wildman–Crippen LogP) is 4.40. The predicted molar refractivity (Wildman–Crippen MR) is 68.9 cm³/mol. The van der Waals surface area contributed by atoms with Gasteiger partial charge in [-0.25, -0.2) is 0 Å². The SMILES string of the molecule is CCCCCCc1cccc(C(=O)CC)c1. The first kappa shape index (κ1) is 13.0. The number of ketones is 1. The van der Waals surface area contributed by atoms with Crippen molar-refractivity contribution in [3.8, 4) is 0 Å². The normalized spacial score (nSPS) is 10.4. The molecule has 1 rings (SSSR count). The molecule has 1 aromatic carbocycles. The van der Waals surface area contributed by atoms with Crippen molar-refractivity contribution in [2.75, 3.05) is 0 Å². The number of carbonyl (C=O) groups is 1. The van der Waals surface area contributed by atoms with Crippen molar-refractivity contribution in [2.45, 2.75) is 52.4 Å². The summed E-state index contributed by atoms with van der Waals surface area (Å²) >= 11 is 0. The summed E-state index contributed by atoms with van der Waals surface area (Å²) in [6, 6.07) is 8.09. The van der Waals surface area contributed by atoms with E-state index in [9.17, 15) is 4.79 Å². The van der Waals surface area contributed by atoms with Crippen LogP contribution in [0.4, 0.5) is 0 Å². The van der Waals surface area contributed by atoms with Crippen LogP contribution in [0.3, 0.4) is 0 Å². The quantitative estimate of drug-likeness (QED) is 0.489. The molecule has 0 aromatic heterocycles. The average molecular weight is 218 g/mol. The average Bonchev–Trinajstić information content (AvgIpc) is 2.34. The lowest BCUT2D eigenvalue weighted by Crippen LogP contribution is -1.97. The summed E-state index contributed by atoms with van der Waals surface area (Å²) in [5, 5.41) is 0. The fourth-order valence-electron chi connectivity index (χ4n) is 1.86. The van der Waals surface area contributed by atoms with Gasteiger partial charge in [0, 0.05) is 12.0 Å². The van der Waals surface area contributed by atoms with Gasteiger partial charge in [0.2, 0.25) is 0 Å². The third-order valence-electron chi connectivity index (χ3n) is 2.89. The zero-order valence-electron chi connectivity index (χ0n) is 10.5. The van der Waals surface area contributed by atoms with Crippen molar-refractivity contribution < 1.29 is 4.79 Å². The zero-order valence-corrected chi connectivity index (χ0v) is 10.5. The molecule has 1 heteroatoms. The molecule has 88 valence electrons. The highest BCUT2D eigenvalue weighted by Crippen LogP contribution is 2.11. The highest BCUT2D eigenvalue weighted by molar-refractivity contribution is 5.95. The van der Waals surface area contributed by atoms with Crippen LogP contribution in [0.25, 0.3) is 0 Å². The summed E-state index contributed by atoms with van der Waals surface area (Å²) in [6.07, 6.45) is 6.81. The first-order valence-electron chi connectivity index (χ1n) is 6.40. The molecule has 0 N–H and O–H groups in total. The molecule has 0 heterocycles. The van der Waals surface area contributed by atoms with Crippen molar-refractivity contribution >= 4 is 5.78 Å². The van der Waals surface area contributed by atoms with E-state index in [1.54, 1.807) is 0 Å². The van der Waals surface area contributed by atoms with Gasteiger partial charge in [-0.05, 0) is 24.5 Å². The summed E-state index contributed by atoms with van der Waals surface area (Å²) in [5.74, 6) is 0.246. The summed E-state index contributed by atoms with van der Waals surface area (Å²) < 4.78 is 0. The van der Waals surface area contributed by atoms with Gasteiger partial charge in [0.1, 0.15) is 0 Å². The van der Waals surface area contributed by atoms with Crippen LogP contribution >= 0.6 is 0 Å². The summed E-state index contributed by atoms with van der Waals surface area (Å²) in [5.41, 5.74) is 2.17. The van der Waals surface area contributed by atoms with E-state index in [1.807, 2.05) is 19.1 Å². The molecule has 0 radical (unpaired) electrons. The van der Waals surface area contributed by atoms with Gasteiger partial charge in [-0.2, -0.15) is 0 Å². The molecule has 0 fully saturated rings. The fourth-order valence-corrected chi connectivity index (χ4v) is 1.86. The van der Waals surface area contributed by atoms with Crippen LogP contribution in [0.5, 0.6) is 0 Å². The molecular weight excluding hydrogens is 196 g/mol. The minimum Gasteiger partial charge on any atom is -0.294 e. The van der Waals surface area contributed by atoms with Gasteiger partial charge in [-0.3, -0.25) is 4.79 Å². The number of Topliss-reactive ketones (excluding diaryl/α,β-unsaturated/α-hetero) is 1. The van der Waals surface area contributed by atoms with Crippen LogP contribution in [-0.4, -0.2) is 5.78 Å². The third-order valence-corrected chi connectivity index (χ3v) is 2.89. The number of unbranched alkanes of at least 4 members (excludes halogenated alkanes) is 3. The molecule has 0 aliphatic carbocycles.